The Hall–Kier alpha value is -2.26. The number of aliphatic carboxylic acids is 1. The van der Waals surface area contributed by atoms with Gasteiger partial charge < -0.3 is 9.52 Å². The topological polar surface area (TPSA) is 50.4 Å². The van der Waals surface area contributed by atoms with Gasteiger partial charge >= 0.3 is 5.97 Å². The Morgan fingerprint density at radius 2 is 1.85 bits per heavy atom. The predicted octanol–water partition coefficient (Wildman–Crippen LogP) is 4.38. The lowest BCUT2D eigenvalue weighted by Crippen LogP contribution is -1.99. The molecule has 0 atom stereocenters. The third kappa shape index (κ3) is 2.17. The van der Waals surface area contributed by atoms with Gasteiger partial charge in [-0.15, -0.1) is 0 Å². The van der Waals surface area contributed by atoms with Crippen molar-refractivity contribution in [3.63, 3.8) is 0 Å². The number of hydrogen-bond donors (Lipinski definition) is 1. The fourth-order valence-corrected chi connectivity index (χ4v) is 2.61. The summed E-state index contributed by atoms with van der Waals surface area (Å²) in [7, 11) is 0. The Morgan fingerprint density at radius 1 is 1.10 bits per heavy atom. The van der Waals surface area contributed by atoms with E-state index in [-0.39, 0.29) is 11.6 Å². The summed E-state index contributed by atoms with van der Waals surface area (Å²) < 4.78 is 5.59. The highest BCUT2D eigenvalue weighted by atomic mass is 35.5. The highest BCUT2D eigenvalue weighted by Gasteiger charge is 2.17. The Balaban J connectivity index is 2.25. The van der Waals surface area contributed by atoms with Crippen molar-refractivity contribution in [1.82, 2.24) is 0 Å². The van der Waals surface area contributed by atoms with Crippen LogP contribution in [0.15, 0.2) is 52.9 Å². The SMILES string of the molecule is O=C(O)Cc1cccc2c(-c3ccccc3)c(Cl)oc12. The Morgan fingerprint density at radius 3 is 2.55 bits per heavy atom. The average molecular weight is 287 g/mol. The van der Waals surface area contributed by atoms with Gasteiger partial charge in [0.1, 0.15) is 5.58 Å². The molecule has 0 aliphatic rings. The number of benzene rings is 2. The summed E-state index contributed by atoms with van der Waals surface area (Å²) in [5.74, 6) is -0.897. The Labute approximate surface area is 120 Å². The minimum Gasteiger partial charge on any atom is -0.481 e. The molecule has 0 saturated carbocycles. The predicted molar refractivity (Wildman–Crippen MR) is 78.0 cm³/mol. The van der Waals surface area contributed by atoms with E-state index in [1.165, 1.54) is 0 Å². The number of hydrogen-bond acceptors (Lipinski definition) is 2. The van der Waals surface area contributed by atoms with E-state index in [0.29, 0.717) is 11.1 Å². The zero-order valence-electron chi connectivity index (χ0n) is 10.5. The molecule has 3 rings (SSSR count). The molecular formula is C16H11ClO3. The maximum absolute atomic E-state index is 10.9. The summed E-state index contributed by atoms with van der Waals surface area (Å²) in [5.41, 5.74) is 2.91. The molecule has 3 aromatic rings. The minimum atomic E-state index is -0.897. The van der Waals surface area contributed by atoms with Crippen LogP contribution in [0.5, 0.6) is 0 Å². The van der Waals surface area contributed by atoms with Crippen molar-refractivity contribution >= 4 is 28.5 Å². The molecule has 0 aliphatic carbocycles. The zero-order valence-corrected chi connectivity index (χ0v) is 11.2. The Bertz CT molecular complexity index is 775. The van der Waals surface area contributed by atoms with Crippen LogP contribution in [-0.2, 0) is 11.2 Å². The molecule has 1 aromatic heterocycles. The van der Waals surface area contributed by atoms with E-state index < -0.39 is 5.97 Å². The second-order valence-corrected chi connectivity index (χ2v) is 4.82. The van der Waals surface area contributed by atoms with Crippen LogP contribution in [0.1, 0.15) is 5.56 Å². The summed E-state index contributed by atoms with van der Waals surface area (Å²) in [6.45, 7) is 0. The molecule has 0 fully saturated rings. The van der Waals surface area contributed by atoms with E-state index in [9.17, 15) is 4.79 Å². The van der Waals surface area contributed by atoms with Gasteiger partial charge in [-0.1, -0.05) is 48.5 Å². The lowest BCUT2D eigenvalue weighted by molar-refractivity contribution is -0.136. The van der Waals surface area contributed by atoms with E-state index in [0.717, 1.165) is 16.5 Å². The molecule has 0 spiro atoms. The number of carbonyl (C=O) groups is 1. The van der Waals surface area contributed by atoms with Gasteiger partial charge in [0.15, 0.2) is 0 Å². The molecule has 0 aliphatic heterocycles. The molecule has 4 heteroatoms. The summed E-state index contributed by atoms with van der Waals surface area (Å²) >= 11 is 6.20. The molecule has 100 valence electrons. The quantitative estimate of drug-likeness (QED) is 0.777. The number of carboxylic acids is 1. The van der Waals surface area contributed by atoms with E-state index in [1.807, 2.05) is 42.5 Å². The normalized spacial score (nSPS) is 10.8. The summed E-state index contributed by atoms with van der Waals surface area (Å²) in [5, 5.41) is 10.1. The molecule has 0 saturated heterocycles. The summed E-state index contributed by atoms with van der Waals surface area (Å²) in [4.78, 5) is 10.9. The first-order chi connectivity index (χ1) is 9.66. The van der Waals surface area contributed by atoms with Crippen LogP contribution >= 0.6 is 11.6 Å². The largest absolute Gasteiger partial charge is 0.481 e. The van der Waals surface area contributed by atoms with Gasteiger partial charge in [-0.05, 0) is 17.2 Å². The molecule has 1 N–H and O–H groups in total. The fourth-order valence-electron chi connectivity index (χ4n) is 2.32. The number of carboxylic acid groups (broad SMARTS) is 1. The number of fused-ring (bicyclic) bond motifs is 1. The lowest BCUT2D eigenvalue weighted by atomic mass is 10.0. The van der Waals surface area contributed by atoms with Gasteiger partial charge in [-0.3, -0.25) is 4.79 Å². The van der Waals surface area contributed by atoms with Crippen LogP contribution in [-0.4, -0.2) is 11.1 Å². The van der Waals surface area contributed by atoms with Crippen LogP contribution in [0, 0.1) is 0 Å². The first kappa shape index (κ1) is 12.8. The monoisotopic (exact) mass is 286 g/mol. The van der Waals surface area contributed by atoms with E-state index in [2.05, 4.69) is 0 Å². The highest BCUT2D eigenvalue weighted by molar-refractivity contribution is 6.33. The molecule has 2 aromatic carbocycles. The molecule has 3 nitrogen and oxygen atoms in total. The van der Waals surface area contributed by atoms with E-state index in [1.54, 1.807) is 6.07 Å². The maximum Gasteiger partial charge on any atom is 0.307 e. The van der Waals surface area contributed by atoms with Gasteiger partial charge in [-0.2, -0.15) is 0 Å². The third-order valence-corrected chi connectivity index (χ3v) is 3.42. The minimum absolute atomic E-state index is 0.0879. The molecular weight excluding hydrogens is 276 g/mol. The maximum atomic E-state index is 10.9. The molecule has 20 heavy (non-hydrogen) atoms. The third-order valence-electron chi connectivity index (χ3n) is 3.16. The van der Waals surface area contributed by atoms with Crippen molar-refractivity contribution in [2.45, 2.75) is 6.42 Å². The zero-order chi connectivity index (χ0) is 14.1. The van der Waals surface area contributed by atoms with Crippen molar-refractivity contribution in [3.05, 3.63) is 59.3 Å². The second-order valence-electron chi connectivity index (χ2n) is 4.48. The van der Waals surface area contributed by atoms with Crippen molar-refractivity contribution in [2.75, 3.05) is 0 Å². The molecule has 0 unspecified atom stereocenters. The average Bonchev–Trinajstić information content (AvgIpc) is 2.76. The van der Waals surface area contributed by atoms with E-state index in [4.69, 9.17) is 21.1 Å². The number of para-hydroxylation sites is 1. The van der Waals surface area contributed by atoms with Crippen molar-refractivity contribution in [3.8, 4) is 11.1 Å². The summed E-state index contributed by atoms with van der Waals surface area (Å²) in [6.07, 6.45) is -0.0879. The van der Waals surface area contributed by atoms with Crippen molar-refractivity contribution in [1.29, 1.82) is 0 Å². The van der Waals surface area contributed by atoms with Gasteiger partial charge in [0, 0.05) is 16.5 Å². The van der Waals surface area contributed by atoms with Gasteiger partial charge in [0.25, 0.3) is 0 Å². The standard InChI is InChI=1S/C16H11ClO3/c17-16-14(10-5-2-1-3-6-10)12-8-4-7-11(9-13(18)19)15(12)20-16/h1-8H,9H2,(H,18,19). The van der Waals surface area contributed by atoms with Crippen molar-refractivity contribution in [2.24, 2.45) is 0 Å². The highest BCUT2D eigenvalue weighted by Crippen LogP contribution is 2.39. The fraction of sp³-hybridized carbons (Fsp3) is 0.0625. The first-order valence-corrected chi connectivity index (χ1v) is 6.51. The molecule has 0 amide bonds. The van der Waals surface area contributed by atoms with Crippen LogP contribution in [0.3, 0.4) is 0 Å². The van der Waals surface area contributed by atoms with Gasteiger partial charge in [0.05, 0.1) is 6.42 Å². The summed E-state index contributed by atoms with van der Waals surface area (Å²) in [6, 6.07) is 15.1. The molecule has 0 bridgehead atoms. The van der Waals surface area contributed by atoms with Gasteiger partial charge in [0.2, 0.25) is 5.22 Å². The molecule has 1 heterocycles. The van der Waals surface area contributed by atoms with Crippen LogP contribution in [0.4, 0.5) is 0 Å². The smallest absolute Gasteiger partial charge is 0.307 e. The van der Waals surface area contributed by atoms with Crippen LogP contribution < -0.4 is 0 Å². The number of halogens is 1. The Kier molecular flexibility index (Phi) is 3.20. The number of furan rings is 1. The van der Waals surface area contributed by atoms with Crippen molar-refractivity contribution < 1.29 is 14.3 Å². The van der Waals surface area contributed by atoms with E-state index >= 15 is 0 Å². The second kappa shape index (κ2) is 5.02. The van der Waals surface area contributed by atoms with Gasteiger partial charge in [-0.25, -0.2) is 0 Å². The van der Waals surface area contributed by atoms with Crippen LogP contribution in [0.25, 0.3) is 22.1 Å². The first-order valence-electron chi connectivity index (χ1n) is 6.14. The van der Waals surface area contributed by atoms with Crippen LogP contribution in [0.2, 0.25) is 5.22 Å². The molecule has 0 radical (unpaired) electrons. The lowest BCUT2D eigenvalue weighted by Gasteiger charge is -2.00. The number of rotatable bonds is 3.